The lowest BCUT2D eigenvalue weighted by Crippen LogP contribution is -2.10. The van der Waals surface area contributed by atoms with Crippen molar-refractivity contribution in [1.82, 2.24) is 0 Å². The lowest BCUT2D eigenvalue weighted by molar-refractivity contribution is 0.0696. The number of benzene rings is 1. The van der Waals surface area contributed by atoms with Gasteiger partial charge in [0.2, 0.25) is 0 Å². The highest BCUT2D eigenvalue weighted by atomic mass is 16.4. The minimum atomic E-state index is -0.977. The van der Waals surface area contributed by atoms with Crippen LogP contribution in [0.25, 0.3) is 0 Å². The van der Waals surface area contributed by atoms with E-state index < -0.39 is 5.97 Å². The van der Waals surface area contributed by atoms with Crippen molar-refractivity contribution in [2.45, 2.75) is 32.7 Å². The molecule has 0 amide bonds. The van der Waals surface area contributed by atoms with E-state index in [0.717, 1.165) is 5.69 Å². The lowest BCUT2D eigenvalue weighted by Gasteiger charge is -2.19. The molecule has 1 aromatic carbocycles. The van der Waals surface area contributed by atoms with Crippen LogP contribution in [0.15, 0.2) is 41.0 Å². The first-order valence-electron chi connectivity index (χ1n) is 6.51. The predicted molar refractivity (Wildman–Crippen MR) is 78.1 cm³/mol. The highest BCUT2D eigenvalue weighted by Gasteiger charge is 2.13. The molecule has 4 nitrogen and oxygen atoms in total. The van der Waals surface area contributed by atoms with E-state index in [1.54, 1.807) is 0 Å². The van der Waals surface area contributed by atoms with Crippen molar-refractivity contribution in [1.29, 1.82) is 0 Å². The summed E-state index contributed by atoms with van der Waals surface area (Å²) in [5, 5.41) is 12.0. The largest absolute Gasteiger partial charge is 0.478 e. The van der Waals surface area contributed by atoms with Crippen molar-refractivity contribution in [3.8, 4) is 0 Å². The molecule has 0 bridgehead atoms. The standard InChI is InChI=1S/C16H19NO3/c1-16(2,3)12-4-6-13(7-5-12)17-9-14-8-11(10-20-14)15(18)19/h4-8,10,17H,9H2,1-3H3,(H,18,19). The Morgan fingerprint density at radius 2 is 1.90 bits per heavy atom. The SMILES string of the molecule is CC(C)(C)c1ccc(NCc2cc(C(=O)O)co2)cc1. The van der Waals surface area contributed by atoms with Gasteiger partial charge >= 0.3 is 5.97 Å². The van der Waals surface area contributed by atoms with E-state index in [9.17, 15) is 4.79 Å². The topological polar surface area (TPSA) is 62.5 Å². The van der Waals surface area contributed by atoms with Crippen LogP contribution in [0.5, 0.6) is 0 Å². The molecule has 2 N–H and O–H groups in total. The minimum absolute atomic E-state index is 0.135. The van der Waals surface area contributed by atoms with Crippen molar-refractivity contribution in [2.75, 3.05) is 5.32 Å². The van der Waals surface area contributed by atoms with E-state index in [1.165, 1.54) is 17.9 Å². The van der Waals surface area contributed by atoms with Gasteiger partial charge in [0.05, 0.1) is 12.1 Å². The molecule has 4 heteroatoms. The van der Waals surface area contributed by atoms with Crippen LogP contribution in [0, 0.1) is 0 Å². The second-order valence-electron chi connectivity index (χ2n) is 5.79. The second kappa shape index (κ2) is 5.41. The average Bonchev–Trinajstić information content (AvgIpc) is 2.85. The molecule has 1 heterocycles. The quantitative estimate of drug-likeness (QED) is 0.887. The van der Waals surface area contributed by atoms with E-state index in [0.29, 0.717) is 12.3 Å². The van der Waals surface area contributed by atoms with Gasteiger partial charge in [-0.15, -0.1) is 0 Å². The highest BCUT2D eigenvalue weighted by Crippen LogP contribution is 2.23. The summed E-state index contributed by atoms with van der Waals surface area (Å²) >= 11 is 0. The average molecular weight is 273 g/mol. The zero-order valence-corrected chi connectivity index (χ0v) is 11.9. The van der Waals surface area contributed by atoms with Gasteiger partial charge < -0.3 is 14.8 Å². The van der Waals surface area contributed by atoms with Crippen molar-refractivity contribution in [3.05, 3.63) is 53.5 Å². The maximum atomic E-state index is 10.7. The van der Waals surface area contributed by atoms with Crippen LogP contribution in [-0.2, 0) is 12.0 Å². The molecule has 2 rings (SSSR count). The van der Waals surface area contributed by atoms with E-state index in [4.69, 9.17) is 9.52 Å². The van der Waals surface area contributed by atoms with Gasteiger partial charge in [-0.1, -0.05) is 32.9 Å². The number of furan rings is 1. The third kappa shape index (κ3) is 3.41. The van der Waals surface area contributed by atoms with Crippen molar-refractivity contribution in [2.24, 2.45) is 0 Å². The number of carboxylic acid groups (broad SMARTS) is 1. The second-order valence-corrected chi connectivity index (χ2v) is 5.79. The summed E-state index contributed by atoms with van der Waals surface area (Å²) in [5.74, 6) is -0.378. The van der Waals surface area contributed by atoms with Gasteiger partial charge in [0.15, 0.2) is 0 Å². The van der Waals surface area contributed by atoms with Crippen LogP contribution in [0.4, 0.5) is 5.69 Å². The normalized spacial score (nSPS) is 11.3. The summed E-state index contributed by atoms with van der Waals surface area (Å²) in [6, 6.07) is 9.74. The Labute approximate surface area is 118 Å². The molecular weight excluding hydrogens is 254 g/mol. The van der Waals surface area contributed by atoms with Gasteiger partial charge in [0.25, 0.3) is 0 Å². The molecule has 1 aromatic heterocycles. The fourth-order valence-electron chi connectivity index (χ4n) is 1.86. The van der Waals surface area contributed by atoms with Crippen LogP contribution in [0.1, 0.15) is 42.5 Å². The van der Waals surface area contributed by atoms with E-state index in [1.807, 2.05) is 12.1 Å². The maximum Gasteiger partial charge on any atom is 0.338 e. The van der Waals surface area contributed by atoms with E-state index >= 15 is 0 Å². The molecule has 0 aliphatic rings. The first-order chi connectivity index (χ1) is 9.36. The van der Waals surface area contributed by atoms with Gasteiger partial charge in [-0.3, -0.25) is 0 Å². The maximum absolute atomic E-state index is 10.7. The molecule has 0 saturated heterocycles. The Balaban J connectivity index is 1.98. The lowest BCUT2D eigenvalue weighted by atomic mass is 9.87. The molecule has 0 aliphatic carbocycles. The van der Waals surface area contributed by atoms with Crippen LogP contribution in [-0.4, -0.2) is 11.1 Å². The molecular formula is C16H19NO3. The number of carbonyl (C=O) groups is 1. The van der Waals surface area contributed by atoms with Gasteiger partial charge in [0, 0.05) is 5.69 Å². The number of anilines is 1. The Morgan fingerprint density at radius 3 is 2.40 bits per heavy atom. The molecule has 106 valence electrons. The van der Waals surface area contributed by atoms with Gasteiger partial charge in [-0.25, -0.2) is 4.79 Å². The van der Waals surface area contributed by atoms with Gasteiger partial charge in [0.1, 0.15) is 12.0 Å². The predicted octanol–water partition coefficient (Wildman–Crippen LogP) is 3.89. The number of hydrogen-bond donors (Lipinski definition) is 2. The van der Waals surface area contributed by atoms with Gasteiger partial charge in [-0.05, 0) is 29.2 Å². The van der Waals surface area contributed by atoms with Crippen LogP contribution in [0.2, 0.25) is 0 Å². The molecule has 0 aliphatic heterocycles. The number of nitrogens with one attached hydrogen (secondary N) is 1. The fraction of sp³-hybridized carbons (Fsp3) is 0.312. The molecule has 0 saturated carbocycles. The number of aromatic carboxylic acids is 1. The van der Waals surface area contributed by atoms with Crippen LogP contribution >= 0.6 is 0 Å². The van der Waals surface area contributed by atoms with E-state index in [-0.39, 0.29) is 11.0 Å². The minimum Gasteiger partial charge on any atom is -0.478 e. The molecule has 0 unspecified atom stereocenters. The monoisotopic (exact) mass is 273 g/mol. The third-order valence-electron chi connectivity index (χ3n) is 3.12. The Hall–Kier alpha value is -2.23. The fourth-order valence-corrected chi connectivity index (χ4v) is 1.86. The molecule has 2 aromatic rings. The van der Waals surface area contributed by atoms with Crippen molar-refractivity contribution >= 4 is 11.7 Å². The first kappa shape index (κ1) is 14.2. The first-order valence-corrected chi connectivity index (χ1v) is 6.51. The summed E-state index contributed by atoms with van der Waals surface area (Å²) in [4.78, 5) is 10.7. The summed E-state index contributed by atoms with van der Waals surface area (Å²) in [7, 11) is 0. The number of carboxylic acids is 1. The van der Waals surface area contributed by atoms with Crippen LogP contribution < -0.4 is 5.32 Å². The molecule has 0 radical (unpaired) electrons. The van der Waals surface area contributed by atoms with Crippen molar-refractivity contribution in [3.63, 3.8) is 0 Å². The Morgan fingerprint density at radius 1 is 1.25 bits per heavy atom. The number of rotatable bonds is 4. The summed E-state index contributed by atoms with van der Waals surface area (Å²) in [6.07, 6.45) is 1.25. The smallest absolute Gasteiger partial charge is 0.338 e. The highest BCUT2D eigenvalue weighted by molar-refractivity contribution is 5.87. The van der Waals surface area contributed by atoms with Crippen LogP contribution in [0.3, 0.4) is 0 Å². The van der Waals surface area contributed by atoms with E-state index in [2.05, 4.69) is 38.2 Å². The molecule has 0 atom stereocenters. The summed E-state index contributed by atoms with van der Waals surface area (Å²) < 4.78 is 5.18. The Kier molecular flexibility index (Phi) is 3.84. The molecule has 0 fully saturated rings. The van der Waals surface area contributed by atoms with Crippen molar-refractivity contribution < 1.29 is 14.3 Å². The zero-order chi connectivity index (χ0) is 14.8. The number of hydrogen-bond acceptors (Lipinski definition) is 3. The summed E-state index contributed by atoms with van der Waals surface area (Å²) in [6.45, 7) is 6.98. The third-order valence-corrected chi connectivity index (χ3v) is 3.12. The van der Waals surface area contributed by atoms with Gasteiger partial charge in [-0.2, -0.15) is 0 Å². The summed E-state index contributed by atoms with van der Waals surface area (Å²) in [5.41, 5.74) is 2.56. The Bertz CT molecular complexity index is 591. The molecule has 0 spiro atoms. The zero-order valence-electron chi connectivity index (χ0n) is 11.9. The molecule has 20 heavy (non-hydrogen) atoms.